The van der Waals surface area contributed by atoms with Gasteiger partial charge < -0.3 is 11.5 Å². The SMILES string of the molecule is NC(=O)c1cnn(-c2ccc(F)cc2N)c1. The lowest BCUT2D eigenvalue weighted by Crippen LogP contribution is -2.09. The van der Waals surface area contributed by atoms with E-state index in [1.54, 1.807) is 0 Å². The summed E-state index contributed by atoms with van der Waals surface area (Å²) < 4.78 is 14.2. The number of hydrogen-bond acceptors (Lipinski definition) is 3. The number of nitrogen functional groups attached to an aromatic ring is 1. The second kappa shape index (κ2) is 3.65. The van der Waals surface area contributed by atoms with Gasteiger partial charge in [-0.25, -0.2) is 9.07 Å². The van der Waals surface area contributed by atoms with E-state index < -0.39 is 11.7 Å². The van der Waals surface area contributed by atoms with Crippen LogP contribution in [0, 0.1) is 5.82 Å². The molecule has 4 N–H and O–H groups in total. The summed E-state index contributed by atoms with van der Waals surface area (Å²) in [6, 6.07) is 3.92. The van der Waals surface area contributed by atoms with Gasteiger partial charge in [0.25, 0.3) is 5.91 Å². The van der Waals surface area contributed by atoms with Crippen molar-refractivity contribution < 1.29 is 9.18 Å². The predicted octanol–water partition coefficient (Wildman–Crippen LogP) is 0.693. The average molecular weight is 220 g/mol. The maximum atomic E-state index is 12.8. The lowest BCUT2D eigenvalue weighted by molar-refractivity contribution is 0.100. The molecule has 1 amide bonds. The summed E-state index contributed by atoms with van der Waals surface area (Å²) in [5.74, 6) is -1.00. The van der Waals surface area contributed by atoms with Crippen LogP contribution in [0.1, 0.15) is 10.4 Å². The van der Waals surface area contributed by atoms with Crippen molar-refractivity contribution in [3.8, 4) is 5.69 Å². The number of halogens is 1. The number of benzene rings is 1. The van der Waals surface area contributed by atoms with E-state index in [0.717, 1.165) is 0 Å². The largest absolute Gasteiger partial charge is 0.397 e. The molecule has 0 unspecified atom stereocenters. The molecule has 0 radical (unpaired) electrons. The number of primary amides is 1. The molecule has 5 nitrogen and oxygen atoms in total. The van der Waals surface area contributed by atoms with Crippen molar-refractivity contribution in [2.45, 2.75) is 0 Å². The molecule has 2 aromatic rings. The van der Waals surface area contributed by atoms with Gasteiger partial charge in [-0.3, -0.25) is 4.79 Å². The summed E-state index contributed by atoms with van der Waals surface area (Å²) in [4.78, 5) is 10.9. The second-order valence-corrected chi connectivity index (χ2v) is 3.24. The highest BCUT2D eigenvalue weighted by Gasteiger charge is 2.08. The van der Waals surface area contributed by atoms with Gasteiger partial charge in [-0.05, 0) is 18.2 Å². The van der Waals surface area contributed by atoms with Crippen molar-refractivity contribution in [2.75, 3.05) is 5.73 Å². The Morgan fingerprint density at radius 2 is 2.19 bits per heavy atom. The van der Waals surface area contributed by atoms with Gasteiger partial charge in [0.15, 0.2) is 0 Å². The van der Waals surface area contributed by atoms with Crippen LogP contribution < -0.4 is 11.5 Å². The highest BCUT2D eigenvalue weighted by Crippen LogP contribution is 2.17. The minimum absolute atomic E-state index is 0.235. The van der Waals surface area contributed by atoms with Crippen molar-refractivity contribution in [3.05, 3.63) is 42.0 Å². The molecular weight excluding hydrogens is 211 g/mol. The third kappa shape index (κ3) is 1.72. The lowest BCUT2D eigenvalue weighted by atomic mass is 10.2. The molecule has 1 aromatic heterocycles. The summed E-state index contributed by atoms with van der Waals surface area (Å²) >= 11 is 0. The molecule has 0 saturated carbocycles. The fraction of sp³-hybridized carbons (Fsp3) is 0. The number of rotatable bonds is 2. The normalized spacial score (nSPS) is 10.3. The molecule has 16 heavy (non-hydrogen) atoms. The lowest BCUT2D eigenvalue weighted by Gasteiger charge is -2.04. The summed E-state index contributed by atoms with van der Waals surface area (Å²) in [7, 11) is 0. The Hall–Kier alpha value is -2.37. The fourth-order valence-corrected chi connectivity index (χ4v) is 1.32. The number of nitrogens with two attached hydrogens (primary N) is 2. The topological polar surface area (TPSA) is 86.9 Å². The Kier molecular flexibility index (Phi) is 2.32. The highest BCUT2D eigenvalue weighted by molar-refractivity contribution is 5.92. The van der Waals surface area contributed by atoms with Crippen molar-refractivity contribution in [1.29, 1.82) is 0 Å². The Balaban J connectivity index is 2.46. The molecule has 0 fully saturated rings. The van der Waals surface area contributed by atoms with Gasteiger partial charge in [-0.1, -0.05) is 0 Å². The van der Waals surface area contributed by atoms with E-state index in [-0.39, 0.29) is 11.3 Å². The second-order valence-electron chi connectivity index (χ2n) is 3.24. The number of carbonyl (C=O) groups is 1. The smallest absolute Gasteiger partial charge is 0.251 e. The van der Waals surface area contributed by atoms with Crippen LogP contribution in [0.2, 0.25) is 0 Å². The third-order valence-electron chi connectivity index (χ3n) is 2.10. The van der Waals surface area contributed by atoms with Gasteiger partial charge in [0.1, 0.15) is 5.82 Å². The van der Waals surface area contributed by atoms with Crippen LogP contribution in [0.5, 0.6) is 0 Å². The highest BCUT2D eigenvalue weighted by atomic mass is 19.1. The number of carbonyl (C=O) groups excluding carboxylic acids is 1. The molecule has 0 atom stereocenters. The van der Waals surface area contributed by atoms with Crippen LogP contribution in [0.4, 0.5) is 10.1 Å². The van der Waals surface area contributed by atoms with Gasteiger partial charge in [-0.2, -0.15) is 5.10 Å². The van der Waals surface area contributed by atoms with Crippen LogP contribution in [-0.2, 0) is 0 Å². The van der Waals surface area contributed by atoms with E-state index in [1.807, 2.05) is 0 Å². The zero-order valence-corrected chi connectivity index (χ0v) is 8.22. The Morgan fingerprint density at radius 1 is 1.44 bits per heavy atom. The van der Waals surface area contributed by atoms with Crippen LogP contribution in [0.15, 0.2) is 30.6 Å². The molecule has 0 aliphatic carbocycles. The van der Waals surface area contributed by atoms with E-state index in [2.05, 4.69) is 5.10 Å². The molecule has 1 heterocycles. The molecule has 0 bridgehead atoms. The first kappa shape index (κ1) is 10.2. The summed E-state index contributed by atoms with van der Waals surface area (Å²) in [5.41, 5.74) is 11.7. The number of amides is 1. The summed E-state index contributed by atoms with van der Waals surface area (Å²) in [6.45, 7) is 0. The molecule has 6 heteroatoms. The van der Waals surface area contributed by atoms with Crippen LogP contribution in [0.25, 0.3) is 5.69 Å². The van der Waals surface area contributed by atoms with Crippen molar-refractivity contribution in [2.24, 2.45) is 5.73 Å². The standard InChI is InChI=1S/C10H9FN4O/c11-7-1-2-9(8(12)3-7)15-5-6(4-14-15)10(13)16/h1-5H,12H2,(H2,13,16). The first-order valence-electron chi connectivity index (χ1n) is 4.48. The molecule has 1 aromatic carbocycles. The predicted molar refractivity (Wildman–Crippen MR) is 56.5 cm³/mol. The Bertz CT molecular complexity index is 550. The van der Waals surface area contributed by atoms with Gasteiger partial charge in [0.05, 0.1) is 23.1 Å². The van der Waals surface area contributed by atoms with Gasteiger partial charge in [0.2, 0.25) is 0 Å². The molecule has 0 aliphatic heterocycles. The van der Waals surface area contributed by atoms with E-state index in [0.29, 0.717) is 5.69 Å². The van der Waals surface area contributed by atoms with Crippen LogP contribution in [0.3, 0.4) is 0 Å². The number of anilines is 1. The van der Waals surface area contributed by atoms with E-state index >= 15 is 0 Å². The average Bonchev–Trinajstić information content (AvgIpc) is 2.66. The Labute approximate surface area is 90.5 Å². The van der Waals surface area contributed by atoms with Crippen LogP contribution in [-0.4, -0.2) is 15.7 Å². The third-order valence-corrected chi connectivity index (χ3v) is 2.10. The number of nitrogens with zero attached hydrogens (tertiary/aromatic N) is 2. The molecule has 0 aliphatic rings. The molecule has 2 rings (SSSR count). The molecular formula is C10H9FN4O. The zero-order chi connectivity index (χ0) is 11.7. The zero-order valence-electron chi connectivity index (χ0n) is 8.22. The minimum atomic E-state index is -0.577. The van der Waals surface area contributed by atoms with Crippen molar-refractivity contribution in [3.63, 3.8) is 0 Å². The van der Waals surface area contributed by atoms with Gasteiger partial charge in [0, 0.05) is 6.20 Å². The summed E-state index contributed by atoms with van der Waals surface area (Å²) in [5, 5.41) is 3.91. The monoisotopic (exact) mass is 220 g/mol. The minimum Gasteiger partial charge on any atom is -0.397 e. The van der Waals surface area contributed by atoms with Crippen LogP contribution >= 0.6 is 0 Å². The van der Waals surface area contributed by atoms with Gasteiger partial charge >= 0.3 is 0 Å². The number of aromatic nitrogens is 2. The molecule has 0 saturated heterocycles. The van der Waals surface area contributed by atoms with Crippen molar-refractivity contribution in [1.82, 2.24) is 9.78 Å². The van der Waals surface area contributed by atoms with Gasteiger partial charge in [-0.15, -0.1) is 0 Å². The Morgan fingerprint density at radius 3 is 2.75 bits per heavy atom. The fourth-order valence-electron chi connectivity index (χ4n) is 1.32. The molecule has 0 spiro atoms. The van der Waals surface area contributed by atoms with Crippen molar-refractivity contribution >= 4 is 11.6 Å². The van der Waals surface area contributed by atoms with E-state index in [4.69, 9.17) is 11.5 Å². The first-order chi connectivity index (χ1) is 7.58. The van der Waals surface area contributed by atoms with E-state index in [1.165, 1.54) is 35.3 Å². The first-order valence-corrected chi connectivity index (χ1v) is 4.48. The van der Waals surface area contributed by atoms with E-state index in [9.17, 15) is 9.18 Å². The number of hydrogen-bond donors (Lipinski definition) is 2. The summed E-state index contributed by atoms with van der Waals surface area (Å²) in [6.07, 6.45) is 2.76. The maximum Gasteiger partial charge on any atom is 0.251 e. The quantitative estimate of drug-likeness (QED) is 0.730. The molecule has 82 valence electrons. The maximum absolute atomic E-state index is 12.8.